The summed E-state index contributed by atoms with van der Waals surface area (Å²) in [5.74, 6) is -0.606. The first-order valence-electron chi connectivity index (χ1n) is 8.09. The van der Waals surface area contributed by atoms with Gasteiger partial charge in [0.2, 0.25) is 10.0 Å². The Morgan fingerprint density at radius 3 is 2.31 bits per heavy atom. The SMILES string of the molecule is CS(=O)(=O)N(CCOc1cc(Cl)cc(Cl)c1)Cc1cccc(OCC(=O)[O-])c1.[Na+]. The fourth-order valence-electron chi connectivity index (χ4n) is 2.32. The molecule has 0 spiro atoms. The third-order valence-electron chi connectivity index (χ3n) is 3.53. The van der Waals surface area contributed by atoms with Gasteiger partial charge in [-0.25, -0.2) is 8.42 Å². The second kappa shape index (κ2) is 12.0. The Labute approximate surface area is 201 Å². The number of rotatable bonds is 10. The molecule has 0 unspecified atom stereocenters. The van der Waals surface area contributed by atoms with Crippen LogP contribution in [0.25, 0.3) is 0 Å². The van der Waals surface area contributed by atoms with Crippen LogP contribution in [0.4, 0.5) is 0 Å². The minimum atomic E-state index is -3.52. The van der Waals surface area contributed by atoms with Crippen LogP contribution in [0, 0.1) is 0 Å². The first-order chi connectivity index (χ1) is 13.1. The molecule has 152 valence electrons. The van der Waals surface area contributed by atoms with E-state index in [0.29, 0.717) is 27.1 Å². The molecule has 0 aliphatic rings. The molecule has 2 aromatic rings. The number of sulfonamides is 1. The van der Waals surface area contributed by atoms with Crippen LogP contribution in [-0.2, 0) is 21.4 Å². The summed E-state index contributed by atoms with van der Waals surface area (Å²) in [6.07, 6.45) is 1.10. The van der Waals surface area contributed by atoms with E-state index in [4.69, 9.17) is 32.7 Å². The van der Waals surface area contributed by atoms with Crippen molar-refractivity contribution < 1.29 is 57.3 Å². The quantitative estimate of drug-likeness (QED) is 0.412. The van der Waals surface area contributed by atoms with Gasteiger partial charge >= 0.3 is 29.6 Å². The number of hydrogen-bond acceptors (Lipinski definition) is 6. The van der Waals surface area contributed by atoms with Crippen LogP contribution in [0.1, 0.15) is 5.56 Å². The van der Waals surface area contributed by atoms with Crippen molar-refractivity contribution in [1.82, 2.24) is 4.31 Å². The van der Waals surface area contributed by atoms with Crippen molar-refractivity contribution in [1.29, 1.82) is 0 Å². The van der Waals surface area contributed by atoms with Gasteiger partial charge in [0.05, 0.1) is 12.2 Å². The van der Waals surface area contributed by atoms with Crippen LogP contribution in [-0.4, -0.2) is 44.7 Å². The van der Waals surface area contributed by atoms with E-state index in [1.54, 1.807) is 42.5 Å². The van der Waals surface area contributed by atoms with E-state index in [-0.39, 0.29) is 49.3 Å². The molecule has 7 nitrogen and oxygen atoms in total. The number of benzene rings is 2. The molecule has 0 aliphatic carbocycles. The number of nitrogens with zero attached hydrogens (tertiary/aromatic N) is 1. The normalized spacial score (nSPS) is 11.0. The van der Waals surface area contributed by atoms with Gasteiger partial charge < -0.3 is 19.4 Å². The summed E-state index contributed by atoms with van der Waals surface area (Å²) in [5, 5.41) is 11.3. The Morgan fingerprint density at radius 2 is 1.72 bits per heavy atom. The number of aliphatic carboxylic acids is 1. The fourth-order valence-corrected chi connectivity index (χ4v) is 3.61. The van der Waals surface area contributed by atoms with Crippen molar-refractivity contribution in [2.75, 3.05) is 26.0 Å². The van der Waals surface area contributed by atoms with E-state index in [1.807, 2.05) is 0 Å². The molecule has 0 saturated carbocycles. The van der Waals surface area contributed by atoms with Crippen LogP contribution < -0.4 is 44.1 Å². The Hall–Kier alpha value is -1.00. The molecule has 0 radical (unpaired) electrons. The number of halogens is 2. The second-order valence-electron chi connectivity index (χ2n) is 5.86. The molecule has 29 heavy (non-hydrogen) atoms. The van der Waals surface area contributed by atoms with Crippen LogP contribution >= 0.6 is 23.2 Å². The van der Waals surface area contributed by atoms with Gasteiger partial charge in [0.15, 0.2) is 0 Å². The van der Waals surface area contributed by atoms with Gasteiger partial charge in [-0.05, 0) is 35.9 Å². The molecule has 0 bridgehead atoms. The monoisotopic (exact) mass is 469 g/mol. The van der Waals surface area contributed by atoms with Gasteiger partial charge in [-0.3, -0.25) is 0 Å². The van der Waals surface area contributed by atoms with Gasteiger partial charge in [0, 0.05) is 23.1 Å². The molecular formula is C18H18Cl2NNaO6S. The Kier molecular flexibility index (Phi) is 10.8. The summed E-state index contributed by atoms with van der Waals surface area (Å²) >= 11 is 11.8. The number of hydrogen-bond donors (Lipinski definition) is 0. The maximum absolute atomic E-state index is 12.1. The third kappa shape index (κ3) is 9.57. The van der Waals surface area contributed by atoms with Crippen molar-refractivity contribution >= 4 is 39.2 Å². The fraction of sp³-hybridized carbons (Fsp3) is 0.278. The van der Waals surface area contributed by atoms with Gasteiger partial charge in [-0.2, -0.15) is 4.31 Å². The van der Waals surface area contributed by atoms with E-state index in [1.165, 1.54) is 4.31 Å². The molecule has 2 rings (SSSR count). The standard InChI is InChI=1S/C18H19Cl2NO6S.Na/c1-28(24,25)21(5-6-26-17-9-14(19)8-15(20)10-17)11-13-3-2-4-16(7-13)27-12-18(22)23;/h2-4,7-10H,5-6,11-12H2,1H3,(H,22,23);/q;+1/p-1. The summed E-state index contributed by atoms with van der Waals surface area (Å²) in [6, 6.07) is 11.2. The largest absolute Gasteiger partial charge is 1.00 e. The first kappa shape index (κ1) is 26.0. The predicted octanol–water partition coefficient (Wildman–Crippen LogP) is -1.03. The van der Waals surface area contributed by atoms with Crippen LogP contribution in [0.3, 0.4) is 0 Å². The summed E-state index contributed by atoms with van der Waals surface area (Å²) in [6.45, 7) is -0.339. The molecule has 0 saturated heterocycles. The molecule has 11 heteroatoms. The average Bonchev–Trinajstić information content (AvgIpc) is 2.58. The van der Waals surface area contributed by atoms with Gasteiger partial charge in [-0.1, -0.05) is 35.3 Å². The molecule has 0 N–H and O–H groups in total. The molecule has 0 heterocycles. The van der Waals surface area contributed by atoms with E-state index in [9.17, 15) is 18.3 Å². The van der Waals surface area contributed by atoms with E-state index < -0.39 is 22.6 Å². The van der Waals surface area contributed by atoms with Gasteiger partial charge in [0.25, 0.3) is 0 Å². The first-order valence-corrected chi connectivity index (χ1v) is 10.7. The molecule has 0 fully saturated rings. The number of carboxylic acid groups (broad SMARTS) is 1. The smallest absolute Gasteiger partial charge is 0.546 e. The summed E-state index contributed by atoms with van der Waals surface area (Å²) in [4.78, 5) is 10.5. The van der Waals surface area contributed by atoms with Crippen LogP contribution in [0.5, 0.6) is 11.5 Å². The van der Waals surface area contributed by atoms with Crippen molar-refractivity contribution in [3.63, 3.8) is 0 Å². The Balaban J connectivity index is 0.00000420. The van der Waals surface area contributed by atoms with Gasteiger partial charge in [-0.15, -0.1) is 0 Å². The maximum atomic E-state index is 12.1. The summed E-state index contributed by atoms with van der Waals surface area (Å²) in [7, 11) is -3.52. The number of ether oxygens (including phenoxy) is 2. The van der Waals surface area contributed by atoms with Crippen LogP contribution in [0.15, 0.2) is 42.5 Å². The summed E-state index contributed by atoms with van der Waals surface area (Å²) in [5.41, 5.74) is 0.632. The zero-order chi connectivity index (χ0) is 20.7. The topological polar surface area (TPSA) is 96.0 Å². The number of carbonyl (C=O) groups is 1. The second-order valence-corrected chi connectivity index (χ2v) is 8.71. The molecule has 2 aromatic carbocycles. The van der Waals surface area contributed by atoms with E-state index in [0.717, 1.165) is 6.26 Å². The predicted molar refractivity (Wildman–Crippen MR) is 104 cm³/mol. The van der Waals surface area contributed by atoms with E-state index in [2.05, 4.69) is 0 Å². The molecule has 0 aromatic heterocycles. The minimum absolute atomic E-state index is 0. The van der Waals surface area contributed by atoms with Crippen molar-refractivity contribution in [3.05, 3.63) is 58.1 Å². The average molecular weight is 470 g/mol. The zero-order valence-corrected chi connectivity index (χ0v) is 20.3. The molecule has 0 aliphatic heterocycles. The van der Waals surface area contributed by atoms with Crippen LogP contribution in [0.2, 0.25) is 10.0 Å². The number of carbonyl (C=O) groups excluding carboxylic acids is 1. The molecular weight excluding hydrogens is 452 g/mol. The minimum Gasteiger partial charge on any atom is -0.546 e. The van der Waals surface area contributed by atoms with Crippen molar-refractivity contribution in [2.45, 2.75) is 6.54 Å². The zero-order valence-electron chi connectivity index (χ0n) is 15.9. The Bertz CT molecular complexity index is 921. The Morgan fingerprint density at radius 1 is 1.07 bits per heavy atom. The molecule has 0 atom stereocenters. The van der Waals surface area contributed by atoms with Crippen molar-refractivity contribution in [2.24, 2.45) is 0 Å². The van der Waals surface area contributed by atoms with Gasteiger partial charge in [0.1, 0.15) is 24.7 Å². The van der Waals surface area contributed by atoms with Crippen molar-refractivity contribution in [3.8, 4) is 11.5 Å². The summed E-state index contributed by atoms with van der Waals surface area (Å²) < 4.78 is 36.0. The number of carboxylic acids is 1. The third-order valence-corrected chi connectivity index (χ3v) is 5.21. The molecule has 0 amide bonds. The maximum Gasteiger partial charge on any atom is 1.00 e. The van der Waals surface area contributed by atoms with E-state index >= 15 is 0 Å².